The summed E-state index contributed by atoms with van der Waals surface area (Å²) in [5.74, 6) is -0.560. The molecule has 1 unspecified atom stereocenters. The molecule has 1 aromatic heterocycles. The highest BCUT2D eigenvalue weighted by atomic mass is 19.1. The Bertz CT molecular complexity index is 1170. The van der Waals surface area contributed by atoms with E-state index in [0.29, 0.717) is 30.9 Å². The van der Waals surface area contributed by atoms with Crippen LogP contribution in [0.25, 0.3) is 11.1 Å². The number of amides is 2. The minimum Gasteiger partial charge on any atom is -0.465 e. The molecule has 1 aliphatic rings. The number of carbonyl (C=O) groups is 2. The van der Waals surface area contributed by atoms with Crippen molar-refractivity contribution in [3.8, 4) is 11.1 Å². The van der Waals surface area contributed by atoms with Crippen LogP contribution in [0.3, 0.4) is 0 Å². The van der Waals surface area contributed by atoms with Gasteiger partial charge in [0.25, 0.3) is 5.91 Å². The Hall–Kier alpha value is -3.78. The van der Waals surface area contributed by atoms with Crippen LogP contribution in [-0.2, 0) is 6.54 Å². The zero-order chi connectivity index (χ0) is 24.2. The highest BCUT2D eigenvalue weighted by molar-refractivity contribution is 6.04. The van der Waals surface area contributed by atoms with E-state index in [1.54, 1.807) is 42.4 Å². The first kappa shape index (κ1) is 23.4. The molecular formula is C26H27FN4O3. The lowest BCUT2D eigenvalue weighted by Gasteiger charge is -2.38. The first-order valence-electron chi connectivity index (χ1n) is 11.1. The Balaban J connectivity index is 1.38. The van der Waals surface area contributed by atoms with Crippen LogP contribution in [0.1, 0.15) is 23.0 Å². The van der Waals surface area contributed by atoms with Crippen molar-refractivity contribution in [2.45, 2.75) is 19.5 Å². The molecule has 8 heteroatoms. The highest BCUT2D eigenvalue weighted by Gasteiger charge is 2.27. The van der Waals surface area contributed by atoms with E-state index < -0.39 is 6.09 Å². The fourth-order valence-electron chi connectivity index (χ4n) is 4.19. The Labute approximate surface area is 198 Å². The van der Waals surface area contributed by atoms with Gasteiger partial charge in [-0.15, -0.1) is 0 Å². The molecule has 3 aromatic rings. The summed E-state index contributed by atoms with van der Waals surface area (Å²) in [5.41, 5.74) is 3.58. The summed E-state index contributed by atoms with van der Waals surface area (Å²) in [6.45, 7) is 4.51. The molecule has 0 radical (unpaired) electrons. The van der Waals surface area contributed by atoms with Crippen molar-refractivity contribution in [3.05, 3.63) is 83.9 Å². The molecular weight excluding hydrogens is 435 g/mol. The monoisotopic (exact) mass is 462 g/mol. The summed E-state index contributed by atoms with van der Waals surface area (Å²) >= 11 is 0. The number of aromatic nitrogens is 1. The lowest BCUT2D eigenvalue weighted by molar-refractivity contribution is 0.0711. The number of nitrogens with zero attached hydrogens (tertiary/aromatic N) is 4. The van der Waals surface area contributed by atoms with E-state index in [9.17, 15) is 19.1 Å². The minimum atomic E-state index is -0.873. The summed E-state index contributed by atoms with van der Waals surface area (Å²) in [4.78, 5) is 33.7. The van der Waals surface area contributed by atoms with Gasteiger partial charge in [-0.25, -0.2) is 9.18 Å². The van der Waals surface area contributed by atoms with E-state index in [-0.39, 0.29) is 17.8 Å². The van der Waals surface area contributed by atoms with Crippen LogP contribution in [0.15, 0.2) is 66.9 Å². The number of hydrogen-bond acceptors (Lipinski definition) is 4. The number of halogens is 1. The minimum absolute atomic E-state index is 0.0471. The quantitative estimate of drug-likeness (QED) is 0.610. The molecule has 1 atom stereocenters. The molecule has 2 heterocycles. The summed E-state index contributed by atoms with van der Waals surface area (Å²) in [6.07, 6.45) is 0.701. The molecule has 7 nitrogen and oxygen atoms in total. The summed E-state index contributed by atoms with van der Waals surface area (Å²) in [6, 6.07) is 17.3. The van der Waals surface area contributed by atoms with Crippen molar-refractivity contribution in [2.75, 3.05) is 31.6 Å². The Kier molecular flexibility index (Phi) is 6.88. The first-order chi connectivity index (χ1) is 16.3. The molecule has 2 amide bonds. The van der Waals surface area contributed by atoms with Crippen LogP contribution in [0, 0.1) is 5.82 Å². The molecule has 4 rings (SSSR count). The van der Waals surface area contributed by atoms with Crippen LogP contribution in [-0.4, -0.2) is 64.6 Å². The maximum absolute atomic E-state index is 13.5. The average molecular weight is 463 g/mol. The average Bonchev–Trinajstić information content (AvgIpc) is 2.83. The summed E-state index contributed by atoms with van der Waals surface area (Å²) < 4.78 is 13.5. The number of hydrogen-bond donors (Lipinski definition) is 1. The van der Waals surface area contributed by atoms with Crippen LogP contribution in [0.2, 0.25) is 0 Å². The molecule has 2 aromatic carbocycles. The summed E-state index contributed by atoms with van der Waals surface area (Å²) in [7, 11) is 1.70. The van der Waals surface area contributed by atoms with Gasteiger partial charge in [0.1, 0.15) is 11.5 Å². The van der Waals surface area contributed by atoms with E-state index in [0.717, 1.165) is 23.4 Å². The zero-order valence-electron chi connectivity index (χ0n) is 19.2. The Morgan fingerprint density at radius 1 is 1.09 bits per heavy atom. The van der Waals surface area contributed by atoms with Gasteiger partial charge in [0.05, 0.1) is 0 Å². The molecule has 0 spiro atoms. The molecule has 0 saturated carbocycles. The molecule has 1 N–H and O–H groups in total. The van der Waals surface area contributed by atoms with Crippen LogP contribution < -0.4 is 4.90 Å². The molecule has 176 valence electrons. The van der Waals surface area contributed by atoms with Crippen molar-refractivity contribution >= 4 is 17.7 Å². The number of piperazine rings is 1. The third-order valence-electron chi connectivity index (χ3n) is 6.13. The van der Waals surface area contributed by atoms with E-state index in [1.807, 2.05) is 31.2 Å². The summed E-state index contributed by atoms with van der Waals surface area (Å²) in [5, 5.41) is 9.23. The zero-order valence-corrected chi connectivity index (χ0v) is 19.2. The largest absolute Gasteiger partial charge is 0.465 e. The second-order valence-electron chi connectivity index (χ2n) is 8.53. The molecule has 1 aliphatic heterocycles. The number of carboxylic acid groups (broad SMARTS) is 1. The Morgan fingerprint density at radius 2 is 1.85 bits per heavy atom. The predicted molar refractivity (Wildman–Crippen MR) is 128 cm³/mol. The van der Waals surface area contributed by atoms with Crippen LogP contribution in [0.4, 0.5) is 14.9 Å². The van der Waals surface area contributed by atoms with Crippen molar-refractivity contribution in [3.63, 3.8) is 0 Å². The van der Waals surface area contributed by atoms with Gasteiger partial charge in [-0.3, -0.25) is 14.7 Å². The van der Waals surface area contributed by atoms with Crippen LogP contribution in [0.5, 0.6) is 0 Å². The maximum Gasteiger partial charge on any atom is 0.407 e. The second-order valence-corrected chi connectivity index (χ2v) is 8.53. The van der Waals surface area contributed by atoms with Gasteiger partial charge < -0.3 is 14.9 Å². The van der Waals surface area contributed by atoms with Crippen molar-refractivity contribution in [1.82, 2.24) is 14.8 Å². The number of carbonyl (C=O) groups excluding carboxylic acids is 1. The smallest absolute Gasteiger partial charge is 0.407 e. The van der Waals surface area contributed by atoms with Gasteiger partial charge in [0.2, 0.25) is 0 Å². The van der Waals surface area contributed by atoms with Gasteiger partial charge in [0, 0.05) is 56.7 Å². The second kappa shape index (κ2) is 10.0. The van der Waals surface area contributed by atoms with Gasteiger partial charge in [-0.1, -0.05) is 30.3 Å². The number of pyridine rings is 1. The van der Waals surface area contributed by atoms with Gasteiger partial charge in [-0.05, 0) is 48.4 Å². The molecule has 0 aliphatic carbocycles. The maximum atomic E-state index is 13.5. The van der Waals surface area contributed by atoms with Crippen molar-refractivity contribution in [1.29, 1.82) is 0 Å². The molecule has 1 saturated heterocycles. The number of rotatable bonds is 5. The SMILES string of the molecule is CC1CN(Cc2ccc(N(C)C(=O)c3ccc(-c4cccc(F)c4)cn3)cc2)CCN1C(=O)O. The third kappa shape index (κ3) is 5.23. The fraction of sp³-hybridized carbons (Fsp3) is 0.269. The molecule has 0 bridgehead atoms. The lowest BCUT2D eigenvalue weighted by atomic mass is 10.1. The van der Waals surface area contributed by atoms with Gasteiger partial charge in [-0.2, -0.15) is 0 Å². The van der Waals surface area contributed by atoms with E-state index >= 15 is 0 Å². The number of benzene rings is 2. The standard InChI is InChI=1S/C26H27FN4O3/c1-18-16-30(12-13-31(18)26(33)34)17-19-6-9-23(10-7-19)29(2)25(32)24-11-8-21(15-28-24)20-4-3-5-22(27)14-20/h3-11,14-15,18H,12-13,16-17H2,1-2H3,(H,33,34). The first-order valence-corrected chi connectivity index (χ1v) is 11.1. The van der Waals surface area contributed by atoms with E-state index in [4.69, 9.17) is 0 Å². The predicted octanol–water partition coefficient (Wildman–Crippen LogP) is 4.35. The van der Waals surface area contributed by atoms with Crippen molar-refractivity contribution < 1.29 is 19.1 Å². The lowest BCUT2D eigenvalue weighted by Crippen LogP contribution is -2.53. The van der Waals surface area contributed by atoms with Gasteiger partial charge in [0.15, 0.2) is 0 Å². The van der Waals surface area contributed by atoms with E-state index in [1.165, 1.54) is 17.0 Å². The van der Waals surface area contributed by atoms with E-state index in [2.05, 4.69) is 9.88 Å². The van der Waals surface area contributed by atoms with Crippen molar-refractivity contribution in [2.24, 2.45) is 0 Å². The topological polar surface area (TPSA) is 77.0 Å². The fourth-order valence-corrected chi connectivity index (χ4v) is 4.19. The molecule has 1 fully saturated rings. The Morgan fingerprint density at radius 3 is 2.47 bits per heavy atom. The third-order valence-corrected chi connectivity index (χ3v) is 6.13. The normalized spacial score (nSPS) is 16.3. The molecule has 34 heavy (non-hydrogen) atoms. The van der Waals surface area contributed by atoms with Crippen LogP contribution >= 0.6 is 0 Å². The highest BCUT2D eigenvalue weighted by Crippen LogP contribution is 2.22. The van der Waals surface area contributed by atoms with Gasteiger partial charge >= 0.3 is 6.09 Å². The number of anilines is 1.